The number of aliphatic carboxylic acids is 1. The number of carbonyl (C=O) groups excluding carboxylic acids is 2. The van der Waals surface area contributed by atoms with Crippen LogP contribution < -0.4 is 5.32 Å². The van der Waals surface area contributed by atoms with Gasteiger partial charge in [0.2, 0.25) is 5.91 Å². The SMILES string of the molecule is CC(C)(C)C(NC(=O)OCC1c2ccccc2-c2ccccc21)C(=O)N1CC2C(C1)C2C(=O)O. The van der Waals surface area contributed by atoms with Crippen LogP contribution in [0.25, 0.3) is 11.1 Å². The number of hydrogen-bond acceptors (Lipinski definition) is 4. The number of rotatable bonds is 5. The number of carboxylic acids is 1. The van der Waals surface area contributed by atoms with Crippen molar-refractivity contribution in [1.82, 2.24) is 10.2 Å². The smallest absolute Gasteiger partial charge is 0.407 e. The van der Waals surface area contributed by atoms with Gasteiger partial charge in [0.05, 0.1) is 5.92 Å². The van der Waals surface area contributed by atoms with Crippen molar-refractivity contribution < 1.29 is 24.2 Å². The Morgan fingerprint density at radius 2 is 1.53 bits per heavy atom. The van der Waals surface area contributed by atoms with Crippen LogP contribution in [-0.4, -0.2) is 53.7 Å². The van der Waals surface area contributed by atoms with E-state index >= 15 is 0 Å². The zero-order chi connectivity index (χ0) is 24.2. The number of carboxylic acid groups (broad SMARTS) is 1. The molecule has 2 aromatic carbocycles. The Balaban J connectivity index is 1.24. The zero-order valence-electron chi connectivity index (χ0n) is 19.7. The van der Waals surface area contributed by atoms with Crippen molar-refractivity contribution in [1.29, 1.82) is 0 Å². The Morgan fingerprint density at radius 3 is 2.03 bits per heavy atom. The van der Waals surface area contributed by atoms with Crippen molar-refractivity contribution in [2.24, 2.45) is 23.2 Å². The van der Waals surface area contributed by atoms with E-state index in [0.717, 1.165) is 22.3 Å². The first-order chi connectivity index (χ1) is 16.2. The molecule has 1 aliphatic heterocycles. The topological polar surface area (TPSA) is 95.9 Å². The molecule has 3 aliphatic rings. The summed E-state index contributed by atoms with van der Waals surface area (Å²) in [6, 6.07) is 15.5. The molecule has 2 aliphatic carbocycles. The molecular weight excluding hydrogens is 432 g/mol. The minimum Gasteiger partial charge on any atom is -0.481 e. The maximum atomic E-state index is 13.3. The van der Waals surface area contributed by atoms with E-state index in [1.807, 2.05) is 45.0 Å². The van der Waals surface area contributed by atoms with Crippen LogP contribution >= 0.6 is 0 Å². The molecule has 178 valence electrons. The van der Waals surface area contributed by atoms with E-state index in [2.05, 4.69) is 29.6 Å². The van der Waals surface area contributed by atoms with Gasteiger partial charge < -0.3 is 20.1 Å². The van der Waals surface area contributed by atoms with Gasteiger partial charge in [0.1, 0.15) is 12.6 Å². The molecule has 1 heterocycles. The van der Waals surface area contributed by atoms with Gasteiger partial charge in [-0.05, 0) is 39.5 Å². The number of benzene rings is 2. The minimum atomic E-state index is -0.786. The Kier molecular flexibility index (Phi) is 5.38. The third-order valence-corrected chi connectivity index (χ3v) is 7.51. The first-order valence-electron chi connectivity index (χ1n) is 11.8. The van der Waals surface area contributed by atoms with Crippen molar-refractivity contribution in [3.63, 3.8) is 0 Å². The summed E-state index contributed by atoms with van der Waals surface area (Å²) >= 11 is 0. The average molecular weight is 463 g/mol. The second-order valence-electron chi connectivity index (χ2n) is 10.7. The van der Waals surface area contributed by atoms with Crippen molar-refractivity contribution >= 4 is 18.0 Å². The van der Waals surface area contributed by atoms with Gasteiger partial charge in [-0.2, -0.15) is 0 Å². The monoisotopic (exact) mass is 462 g/mol. The molecule has 2 amide bonds. The minimum absolute atomic E-state index is 0.0246. The molecule has 2 aromatic rings. The lowest BCUT2D eigenvalue weighted by atomic mass is 9.86. The van der Waals surface area contributed by atoms with Crippen LogP contribution in [-0.2, 0) is 14.3 Å². The molecule has 1 saturated heterocycles. The van der Waals surface area contributed by atoms with Crippen molar-refractivity contribution in [3.05, 3.63) is 59.7 Å². The maximum Gasteiger partial charge on any atom is 0.407 e. The molecule has 7 nitrogen and oxygen atoms in total. The predicted octanol–water partition coefficient (Wildman–Crippen LogP) is 3.73. The Morgan fingerprint density at radius 1 is 1.00 bits per heavy atom. The number of fused-ring (bicyclic) bond motifs is 4. The van der Waals surface area contributed by atoms with Gasteiger partial charge in [-0.1, -0.05) is 69.3 Å². The van der Waals surface area contributed by atoms with Gasteiger partial charge in [-0.15, -0.1) is 0 Å². The Labute approximate surface area is 199 Å². The van der Waals surface area contributed by atoms with Gasteiger partial charge >= 0.3 is 12.1 Å². The lowest BCUT2D eigenvalue weighted by molar-refractivity contribution is -0.141. The molecule has 7 heteroatoms. The number of carbonyl (C=O) groups is 3. The van der Waals surface area contributed by atoms with E-state index in [1.165, 1.54) is 0 Å². The van der Waals surface area contributed by atoms with Crippen LogP contribution in [0.4, 0.5) is 4.79 Å². The van der Waals surface area contributed by atoms with Crippen LogP contribution in [0.3, 0.4) is 0 Å². The fourth-order valence-corrected chi connectivity index (χ4v) is 5.66. The van der Waals surface area contributed by atoms with Gasteiger partial charge in [-0.25, -0.2) is 4.79 Å². The van der Waals surface area contributed by atoms with E-state index < -0.39 is 23.5 Å². The quantitative estimate of drug-likeness (QED) is 0.706. The highest BCUT2D eigenvalue weighted by Crippen LogP contribution is 2.52. The van der Waals surface area contributed by atoms with Crippen molar-refractivity contribution in [3.8, 4) is 11.1 Å². The van der Waals surface area contributed by atoms with Gasteiger partial charge in [0.25, 0.3) is 0 Å². The molecular formula is C27H30N2O5. The van der Waals surface area contributed by atoms with Crippen LogP contribution in [0.5, 0.6) is 0 Å². The summed E-state index contributed by atoms with van der Waals surface area (Å²) in [4.78, 5) is 39.0. The number of nitrogens with one attached hydrogen (secondary N) is 1. The van der Waals surface area contributed by atoms with E-state index in [4.69, 9.17) is 4.74 Å². The van der Waals surface area contributed by atoms with E-state index in [-0.39, 0.29) is 36.2 Å². The first-order valence-corrected chi connectivity index (χ1v) is 11.8. The van der Waals surface area contributed by atoms with Crippen LogP contribution in [0.2, 0.25) is 0 Å². The van der Waals surface area contributed by atoms with Crippen molar-refractivity contribution in [2.45, 2.75) is 32.7 Å². The number of hydrogen-bond donors (Lipinski definition) is 2. The number of piperidine rings is 1. The summed E-state index contributed by atoms with van der Waals surface area (Å²) in [5.74, 6) is -1.32. The fourth-order valence-electron chi connectivity index (χ4n) is 5.66. The molecule has 3 unspecified atom stereocenters. The lowest BCUT2D eigenvalue weighted by Gasteiger charge is -2.34. The number of ether oxygens (including phenoxy) is 1. The number of alkyl carbamates (subject to hydrolysis) is 1. The van der Waals surface area contributed by atoms with Gasteiger partial charge in [0.15, 0.2) is 0 Å². The second kappa shape index (κ2) is 8.15. The highest BCUT2D eigenvalue weighted by Gasteiger charge is 2.61. The molecule has 2 N–H and O–H groups in total. The molecule has 5 rings (SSSR count). The summed E-state index contributed by atoms with van der Waals surface area (Å²) < 4.78 is 5.66. The lowest BCUT2D eigenvalue weighted by Crippen LogP contribution is -2.55. The second-order valence-corrected chi connectivity index (χ2v) is 10.7. The number of nitrogens with zero attached hydrogens (tertiary/aromatic N) is 1. The zero-order valence-corrected chi connectivity index (χ0v) is 19.7. The van der Waals surface area contributed by atoms with E-state index in [0.29, 0.717) is 13.1 Å². The Bertz CT molecular complexity index is 1100. The highest BCUT2D eigenvalue weighted by molar-refractivity contribution is 5.87. The summed E-state index contributed by atoms with van der Waals surface area (Å²) in [6.45, 7) is 6.74. The van der Waals surface area contributed by atoms with Gasteiger partial charge in [0, 0.05) is 19.0 Å². The maximum absolute atomic E-state index is 13.3. The summed E-state index contributed by atoms with van der Waals surface area (Å²) in [6.07, 6.45) is -0.622. The molecule has 1 saturated carbocycles. The van der Waals surface area contributed by atoms with Gasteiger partial charge in [-0.3, -0.25) is 9.59 Å². The summed E-state index contributed by atoms with van der Waals surface area (Å²) in [7, 11) is 0. The largest absolute Gasteiger partial charge is 0.481 e. The highest BCUT2D eigenvalue weighted by atomic mass is 16.5. The standard InChI is InChI=1S/C27H30N2O5/c1-27(2,3)23(24(30)29-12-19-20(13-29)22(19)25(31)32)28-26(33)34-14-21-17-10-6-4-8-15(17)16-9-5-7-11-18(16)21/h4-11,19-23H,12-14H2,1-3H3,(H,28,33)(H,31,32). The molecule has 0 bridgehead atoms. The number of amides is 2. The van der Waals surface area contributed by atoms with Crippen molar-refractivity contribution in [2.75, 3.05) is 19.7 Å². The number of likely N-dealkylation sites (tertiary alicyclic amines) is 1. The fraction of sp³-hybridized carbons (Fsp3) is 0.444. The van der Waals surface area contributed by atoms with Crippen LogP contribution in [0.1, 0.15) is 37.8 Å². The third-order valence-electron chi connectivity index (χ3n) is 7.51. The first kappa shape index (κ1) is 22.4. The normalized spacial score (nSPS) is 23.5. The predicted molar refractivity (Wildman–Crippen MR) is 126 cm³/mol. The summed E-state index contributed by atoms with van der Waals surface area (Å²) in [5, 5.41) is 12.0. The van der Waals surface area contributed by atoms with Crippen LogP contribution in [0.15, 0.2) is 48.5 Å². The Hall–Kier alpha value is -3.35. The van der Waals surface area contributed by atoms with E-state index in [9.17, 15) is 19.5 Å². The molecule has 2 fully saturated rings. The molecule has 3 atom stereocenters. The molecule has 0 aromatic heterocycles. The molecule has 0 radical (unpaired) electrons. The summed E-state index contributed by atoms with van der Waals surface area (Å²) in [5.41, 5.74) is 4.04. The van der Waals surface area contributed by atoms with E-state index in [1.54, 1.807) is 4.90 Å². The average Bonchev–Trinajstić information content (AvgIpc) is 3.15. The van der Waals surface area contributed by atoms with Crippen LogP contribution in [0, 0.1) is 23.2 Å². The third kappa shape index (κ3) is 3.83. The molecule has 34 heavy (non-hydrogen) atoms. The molecule has 0 spiro atoms.